The van der Waals surface area contributed by atoms with Gasteiger partial charge in [0.25, 0.3) is 0 Å². The average Bonchev–Trinajstić information content (AvgIpc) is 3.22. The van der Waals surface area contributed by atoms with Crippen molar-refractivity contribution in [3.05, 3.63) is 46.9 Å². The normalized spacial score (nSPS) is 16.4. The molecular formula is C24H29ClF3N7O. The van der Waals surface area contributed by atoms with Gasteiger partial charge in [0, 0.05) is 45.3 Å². The van der Waals surface area contributed by atoms with Crippen LogP contribution in [0.25, 0.3) is 11.0 Å². The van der Waals surface area contributed by atoms with Crippen LogP contribution in [0.4, 0.5) is 19.0 Å². The van der Waals surface area contributed by atoms with E-state index in [1.807, 2.05) is 21.9 Å². The number of carbonyl (C=O) groups excluding carboxylic acids is 1. The number of rotatable bonds is 4. The predicted octanol–water partition coefficient (Wildman–Crippen LogP) is 4.21. The molecule has 36 heavy (non-hydrogen) atoms. The number of fused-ring (bicyclic) bond motifs is 1. The fourth-order valence-corrected chi connectivity index (χ4v) is 4.56. The van der Waals surface area contributed by atoms with Crippen LogP contribution in [0.2, 0.25) is 5.02 Å². The Morgan fingerprint density at radius 1 is 1.03 bits per heavy atom. The Kier molecular flexibility index (Phi) is 6.91. The minimum absolute atomic E-state index is 0.0824. The number of carbonyl (C=O) groups is 1. The predicted molar refractivity (Wildman–Crippen MR) is 132 cm³/mol. The van der Waals surface area contributed by atoms with Gasteiger partial charge in [0.1, 0.15) is 18.2 Å². The summed E-state index contributed by atoms with van der Waals surface area (Å²) in [6.45, 7) is 7.00. The van der Waals surface area contributed by atoms with E-state index in [1.54, 1.807) is 47.0 Å². The SMILES string of the molecule is CN(C)C(=O)C(c1ccc(Cl)cc1)N1CCN(c2ncnc3c2c(C(F)(F)F)nn3C(C)(C)C)CC1. The third kappa shape index (κ3) is 4.99. The molecule has 0 radical (unpaired) electrons. The second kappa shape index (κ2) is 9.51. The van der Waals surface area contributed by atoms with Crippen LogP contribution in [-0.2, 0) is 16.5 Å². The van der Waals surface area contributed by atoms with Gasteiger partial charge in [-0.25, -0.2) is 14.6 Å². The van der Waals surface area contributed by atoms with Crippen molar-refractivity contribution in [2.75, 3.05) is 45.2 Å². The Balaban J connectivity index is 1.67. The summed E-state index contributed by atoms with van der Waals surface area (Å²) in [6, 6.07) is 6.61. The van der Waals surface area contributed by atoms with Crippen LogP contribution in [0.1, 0.15) is 38.1 Å². The van der Waals surface area contributed by atoms with Gasteiger partial charge in [0.2, 0.25) is 5.91 Å². The van der Waals surface area contributed by atoms with Crippen molar-refractivity contribution in [2.24, 2.45) is 0 Å². The lowest BCUT2D eigenvalue weighted by atomic mass is 10.0. The highest BCUT2D eigenvalue weighted by Gasteiger charge is 2.41. The van der Waals surface area contributed by atoms with Gasteiger partial charge in [0.05, 0.1) is 10.9 Å². The lowest BCUT2D eigenvalue weighted by molar-refractivity contribution is -0.140. The van der Waals surface area contributed by atoms with E-state index in [0.717, 1.165) is 5.56 Å². The average molecular weight is 524 g/mol. The molecule has 1 atom stereocenters. The van der Waals surface area contributed by atoms with Crippen LogP contribution in [0, 0.1) is 0 Å². The number of amides is 1. The maximum Gasteiger partial charge on any atom is 0.435 e. The molecule has 1 fully saturated rings. The lowest BCUT2D eigenvalue weighted by Gasteiger charge is -2.40. The molecule has 0 spiro atoms. The molecule has 3 heterocycles. The Morgan fingerprint density at radius 3 is 2.17 bits per heavy atom. The number of benzene rings is 1. The zero-order valence-electron chi connectivity index (χ0n) is 20.8. The van der Waals surface area contributed by atoms with E-state index in [-0.39, 0.29) is 22.8 Å². The Labute approximate surface area is 212 Å². The van der Waals surface area contributed by atoms with Gasteiger partial charge in [-0.15, -0.1) is 0 Å². The molecule has 1 saturated heterocycles. The van der Waals surface area contributed by atoms with Crippen molar-refractivity contribution in [3.8, 4) is 0 Å². The zero-order chi connectivity index (χ0) is 26.4. The van der Waals surface area contributed by atoms with Crippen LogP contribution >= 0.6 is 11.6 Å². The maximum absolute atomic E-state index is 14.0. The quantitative estimate of drug-likeness (QED) is 0.510. The first-order valence-corrected chi connectivity index (χ1v) is 11.9. The van der Waals surface area contributed by atoms with Crippen molar-refractivity contribution in [3.63, 3.8) is 0 Å². The molecule has 194 valence electrons. The summed E-state index contributed by atoms with van der Waals surface area (Å²) >= 11 is 6.04. The van der Waals surface area contributed by atoms with Crippen LogP contribution < -0.4 is 4.90 Å². The molecule has 12 heteroatoms. The Hall–Kier alpha value is -2.92. The summed E-state index contributed by atoms with van der Waals surface area (Å²) in [5.41, 5.74) is -0.747. The second-order valence-electron chi connectivity index (χ2n) is 10.0. The molecule has 0 saturated carbocycles. The highest BCUT2D eigenvalue weighted by atomic mass is 35.5. The van der Waals surface area contributed by atoms with Crippen LogP contribution in [-0.4, -0.2) is 75.7 Å². The molecule has 1 aliphatic rings. The standard InChI is InChI=1S/C24H29ClF3N7O/c1-23(2,3)35-21-17(19(31-35)24(26,27)28)20(29-14-30-21)34-12-10-33(11-13-34)18(22(36)32(4)5)15-6-8-16(25)9-7-15/h6-9,14,18H,10-13H2,1-5H3. The van der Waals surface area contributed by atoms with E-state index in [9.17, 15) is 18.0 Å². The van der Waals surface area contributed by atoms with Gasteiger partial charge in [-0.2, -0.15) is 18.3 Å². The summed E-state index contributed by atoms with van der Waals surface area (Å²) in [4.78, 5) is 26.9. The van der Waals surface area contributed by atoms with Gasteiger partial charge in [-0.3, -0.25) is 9.69 Å². The van der Waals surface area contributed by atoms with E-state index < -0.39 is 23.5 Å². The number of anilines is 1. The monoisotopic (exact) mass is 523 g/mol. The molecule has 8 nitrogen and oxygen atoms in total. The van der Waals surface area contributed by atoms with Crippen molar-refractivity contribution >= 4 is 34.4 Å². The molecule has 3 aromatic rings. The zero-order valence-corrected chi connectivity index (χ0v) is 21.6. The molecular weight excluding hydrogens is 495 g/mol. The number of likely N-dealkylation sites (N-methyl/N-ethyl adjacent to an activating group) is 1. The van der Waals surface area contributed by atoms with Gasteiger partial charge < -0.3 is 9.80 Å². The number of nitrogens with zero attached hydrogens (tertiary/aromatic N) is 7. The molecule has 0 N–H and O–H groups in total. The molecule has 2 aromatic heterocycles. The maximum atomic E-state index is 14.0. The topological polar surface area (TPSA) is 70.4 Å². The minimum Gasteiger partial charge on any atom is -0.353 e. The minimum atomic E-state index is -4.66. The fourth-order valence-electron chi connectivity index (χ4n) is 4.43. The number of halogens is 4. The molecule has 0 aliphatic carbocycles. The molecule has 1 aliphatic heterocycles. The summed E-state index contributed by atoms with van der Waals surface area (Å²) in [5, 5.41) is 4.38. The third-order valence-corrected chi connectivity index (χ3v) is 6.44. The number of hydrogen-bond acceptors (Lipinski definition) is 6. The van der Waals surface area contributed by atoms with Crippen molar-refractivity contribution < 1.29 is 18.0 Å². The highest BCUT2D eigenvalue weighted by molar-refractivity contribution is 6.30. The number of alkyl halides is 3. The van der Waals surface area contributed by atoms with Gasteiger partial charge in [-0.05, 0) is 38.5 Å². The second-order valence-corrected chi connectivity index (χ2v) is 10.5. The summed E-state index contributed by atoms with van der Waals surface area (Å²) in [7, 11) is 3.40. The van der Waals surface area contributed by atoms with Crippen LogP contribution in [0.3, 0.4) is 0 Å². The number of aromatic nitrogens is 4. The smallest absolute Gasteiger partial charge is 0.353 e. The molecule has 1 aromatic carbocycles. The van der Waals surface area contributed by atoms with Crippen molar-refractivity contribution in [2.45, 2.75) is 38.5 Å². The Bertz CT molecular complexity index is 1240. The van der Waals surface area contributed by atoms with E-state index in [1.165, 1.54) is 15.9 Å². The van der Waals surface area contributed by atoms with Crippen molar-refractivity contribution in [1.82, 2.24) is 29.5 Å². The first-order chi connectivity index (χ1) is 16.8. The molecule has 4 rings (SSSR count). The van der Waals surface area contributed by atoms with E-state index in [0.29, 0.717) is 31.2 Å². The first-order valence-electron chi connectivity index (χ1n) is 11.6. The van der Waals surface area contributed by atoms with Gasteiger partial charge >= 0.3 is 6.18 Å². The van der Waals surface area contributed by atoms with Crippen molar-refractivity contribution in [1.29, 1.82) is 0 Å². The van der Waals surface area contributed by atoms with Gasteiger partial charge in [-0.1, -0.05) is 23.7 Å². The molecule has 0 bridgehead atoms. The number of hydrogen-bond donors (Lipinski definition) is 0. The highest BCUT2D eigenvalue weighted by Crippen LogP contribution is 2.39. The summed E-state index contributed by atoms with van der Waals surface area (Å²) in [5.74, 6) is 0.116. The van der Waals surface area contributed by atoms with E-state index >= 15 is 0 Å². The Morgan fingerprint density at radius 2 is 1.64 bits per heavy atom. The lowest BCUT2D eigenvalue weighted by Crippen LogP contribution is -2.51. The van der Waals surface area contributed by atoms with E-state index in [4.69, 9.17) is 11.6 Å². The largest absolute Gasteiger partial charge is 0.435 e. The summed E-state index contributed by atoms with van der Waals surface area (Å²) < 4.78 is 43.3. The third-order valence-electron chi connectivity index (χ3n) is 6.19. The van der Waals surface area contributed by atoms with Crippen LogP contribution in [0.15, 0.2) is 30.6 Å². The first kappa shape index (κ1) is 26.2. The van der Waals surface area contributed by atoms with Gasteiger partial charge in [0.15, 0.2) is 11.3 Å². The summed E-state index contributed by atoms with van der Waals surface area (Å²) in [6.07, 6.45) is -3.38. The molecule has 1 unspecified atom stereocenters. The van der Waals surface area contributed by atoms with E-state index in [2.05, 4.69) is 15.1 Å². The molecule has 1 amide bonds. The fraction of sp³-hybridized carbons (Fsp3) is 0.500. The number of piperazine rings is 1. The van der Waals surface area contributed by atoms with Crippen LogP contribution in [0.5, 0.6) is 0 Å².